The fourth-order valence-corrected chi connectivity index (χ4v) is 2.28. The number of hydrogen-bond donors (Lipinski definition) is 2. The predicted octanol–water partition coefficient (Wildman–Crippen LogP) is 0.458. The van der Waals surface area contributed by atoms with Gasteiger partial charge in [0, 0.05) is 38.3 Å². The van der Waals surface area contributed by atoms with Crippen LogP contribution in [0.2, 0.25) is 0 Å². The molecule has 16 heavy (non-hydrogen) atoms. The molecule has 0 aliphatic carbocycles. The van der Waals surface area contributed by atoms with Crippen LogP contribution in [0.5, 0.6) is 0 Å². The van der Waals surface area contributed by atoms with Gasteiger partial charge in [0.1, 0.15) is 0 Å². The second-order valence-electron chi connectivity index (χ2n) is 4.99. The molecule has 1 fully saturated rings. The van der Waals surface area contributed by atoms with Gasteiger partial charge in [0.05, 0.1) is 13.2 Å². The third-order valence-corrected chi connectivity index (χ3v) is 3.59. The van der Waals surface area contributed by atoms with Crippen LogP contribution in [0.4, 0.5) is 0 Å². The number of ether oxygens (including phenoxy) is 1. The summed E-state index contributed by atoms with van der Waals surface area (Å²) in [5.41, 5.74) is -0.0794. The van der Waals surface area contributed by atoms with Crippen molar-refractivity contribution in [2.75, 3.05) is 40.0 Å². The van der Waals surface area contributed by atoms with Crippen molar-refractivity contribution in [3.63, 3.8) is 0 Å². The highest BCUT2D eigenvalue weighted by Gasteiger charge is 2.33. The highest BCUT2D eigenvalue weighted by molar-refractivity contribution is 4.93. The maximum Gasteiger partial charge on any atom is 0.0614 e. The van der Waals surface area contributed by atoms with Gasteiger partial charge in [0.2, 0.25) is 0 Å². The summed E-state index contributed by atoms with van der Waals surface area (Å²) < 4.78 is 5.03. The van der Waals surface area contributed by atoms with Crippen molar-refractivity contribution in [3.8, 4) is 0 Å². The maximum atomic E-state index is 9.54. The number of aliphatic hydroxyl groups is 1. The molecule has 2 N–H and O–H groups in total. The van der Waals surface area contributed by atoms with Crippen LogP contribution >= 0.6 is 0 Å². The van der Waals surface area contributed by atoms with Gasteiger partial charge < -0.3 is 20.1 Å². The standard InChI is InChI=1S/C12H26N2O2/c1-11(2)14-7-4-12(10-15,5-8-14)13-6-9-16-3/h11,13,15H,4-10H2,1-3H3. The van der Waals surface area contributed by atoms with Gasteiger partial charge in [-0.05, 0) is 26.7 Å². The molecule has 0 atom stereocenters. The average Bonchev–Trinajstić information content (AvgIpc) is 2.30. The summed E-state index contributed by atoms with van der Waals surface area (Å²) in [5, 5.41) is 13.0. The Morgan fingerprint density at radius 2 is 2.00 bits per heavy atom. The fourth-order valence-electron chi connectivity index (χ4n) is 2.28. The quantitative estimate of drug-likeness (QED) is 0.651. The largest absolute Gasteiger partial charge is 0.394 e. The van der Waals surface area contributed by atoms with Crippen LogP contribution < -0.4 is 5.32 Å². The van der Waals surface area contributed by atoms with Gasteiger partial charge in [-0.2, -0.15) is 0 Å². The van der Waals surface area contributed by atoms with E-state index in [0.29, 0.717) is 12.6 Å². The Kier molecular flexibility index (Phi) is 5.69. The van der Waals surface area contributed by atoms with Crippen LogP contribution in [0.25, 0.3) is 0 Å². The van der Waals surface area contributed by atoms with E-state index in [1.165, 1.54) is 0 Å². The van der Waals surface area contributed by atoms with Crippen molar-refractivity contribution in [1.29, 1.82) is 0 Å². The third-order valence-electron chi connectivity index (χ3n) is 3.59. The fraction of sp³-hybridized carbons (Fsp3) is 1.00. The zero-order chi connectivity index (χ0) is 12.0. The molecule has 4 heteroatoms. The number of likely N-dealkylation sites (tertiary alicyclic amines) is 1. The van der Waals surface area contributed by atoms with Crippen molar-refractivity contribution >= 4 is 0 Å². The van der Waals surface area contributed by atoms with Crippen molar-refractivity contribution in [3.05, 3.63) is 0 Å². The first-order valence-corrected chi connectivity index (χ1v) is 6.22. The Morgan fingerprint density at radius 1 is 1.38 bits per heavy atom. The van der Waals surface area contributed by atoms with Crippen LogP contribution in [0.3, 0.4) is 0 Å². The summed E-state index contributed by atoms with van der Waals surface area (Å²) in [6, 6.07) is 0.607. The smallest absolute Gasteiger partial charge is 0.0614 e. The lowest BCUT2D eigenvalue weighted by atomic mass is 9.87. The van der Waals surface area contributed by atoms with E-state index in [1.54, 1.807) is 7.11 Å². The Morgan fingerprint density at radius 3 is 2.44 bits per heavy atom. The number of rotatable bonds is 6. The minimum atomic E-state index is -0.0794. The Hall–Kier alpha value is -0.160. The van der Waals surface area contributed by atoms with E-state index in [2.05, 4.69) is 24.1 Å². The molecular formula is C12H26N2O2. The first kappa shape index (κ1) is 13.9. The van der Waals surface area contributed by atoms with Crippen LogP contribution in [0, 0.1) is 0 Å². The molecule has 1 saturated heterocycles. The Labute approximate surface area is 99.0 Å². The molecule has 1 aliphatic rings. The first-order chi connectivity index (χ1) is 7.63. The second-order valence-corrected chi connectivity index (χ2v) is 4.99. The first-order valence-electron chi connectivity index (χ1n) is 6.22. The lowest BCUT2D eigenvalue weighted by Crippen LogP contribution is -2.57. The van der Waals surface area contributed by atoms with Crippen LogP contribution in [0.1, 0.15) is 26.7 Å². The molecule has 0 radical (unpaired) electrons. The van der Waals surface area contributed by atoms with Crippen molar-refractivity contribution < 1.29 is 9.84 Å². The van der Waals surface area contributed by atoms with Crippen LogP contribution in [0.15, 0.2) is 0 Å². The van der Waals surface area contributed by atoms with E-state index in [4.69, 9.17) is 4.74 Å². The zero-order valence-electron chi connectivity index (χ0n) is 10.8. The predicted molar refractivity (Wildman–Crippen MR) is 65.6 cm³/mol. The lowest BCUT2D eigenvalue weighted by molar-refractivity contribution is 0.0597. The molecule has 4 nitrogen and oxygen atoms in total. The number of aliphatic hydroxyl groups excluding tert-OH is 1. The molecule has 0 amide bonds. The van der Waals surface area contributed by atoms with Crippen molar-refractivity contribution in [2.45, 2.75) is 38.3 Å². The molecule has 0 saturated carbocycles. The van der Waals surface area contributed by atoms with E-state index in [0.717, 1.165) is 32.5 Å². The van der Waals surface area contributed by atoms with Gasteiger partial charge >= 0.3 is 0 Å². The number of nitrogens with one attached hydrogen (secondary N) is 1. The maximum absolute atomic E-state index is 9.54. The highest BCUT2D eigenvalue weighted by Crippen LogP contribution is 2.22. The summed E-state index contributed by atoms with van der Waals surface area (Å²) in [6.07, 6.45) is 2.04. The van der Waals surface area contributed by atoms with Gasteiger partial charge in [0.25, 0.3) is 0 Å². The van der Waals surface area contributed by atoms with Crippen molar-refractivity contribution in [1.82, 2.24) is 10.2 Å². The molecule has 1 rings (SSSR count). The molecule has 1 heterocycles. The minimum Gasteiger partial charge on any atom is -0.394 e. The normalized spacial score (nSPS) is 21.6. The highest BCUT2D eigenvalue weighted by atomic mass is 16.5. The number of piperidine rings is 1. The zero-order valence-corrected chi connectivity index (χ0v) is 10.8. The monoisotopic (exact) mass is 230 g/mol. The Bertz CT molecular complexity index is 189. The molecular weight excluding hydrogens is 204 g/mol. The summed E-state index contributed by atoms with van der Waals surface area (Å²) in [7, 11) is 1.70. The summed E-state index contributed by atoms with van der Waals surface area (Å²) >= 11 is 0. The summed E-state index contributed by atoms with van der Waals surface area (Å²) in [5.74, 6) is 0. The molecule has 0 spiro atoms. The Balaban J connectivity index is 2.38. The van der Waals surface area contributed by atoms with E-state index in [9.17, 15) is 5.11 Å². The van der Waals surface area contributed by atoms with Gasteiger partial charge in [-0.15, -0.1) is 0 Å². The molecule has 0 aromatic carbocycles. The van der Waals surface area contributed by atoms with Gasteiger partial charge in [-0.3, -0.25) is 0 Å². The van der Waals surface area contributed by atoms with E-state index >= 15 is 0 Å². The van der Waals surface area contributed by atoms with Gasteiger partial charge in [0.15, 0.2) is 0 Å². The van der Waals surface area contributed by atoms with E-state index < -0.39 is 0 Å². The summed E-state index contributed by atoms with van der Waals surface area (Å²) in [6.45, 7) is 8.34. The molecule has 0 bridgehead atoms. The van der Waals surface area contributed by atoms with E-state index in [-0.39, 0.29) is 12.1 Å². The average molecular weight is 230 g/mol. The lowest BCUT2D eigenvalue weighted by Gasteiger charge is -2.43. The number of nitrogens with zero attached hydrogens (tertiary/aromatic N) is 1. The van der Waals surface area contributed by atoms with Crippen LogP contribution in [-0.2, 0) is 4.74 Å². The molecule has 96 valence electrons. The molecule has 1 aliphatic heterocycles. The SMILES string of the molecule is COCCNC1(CO)CCN(C(C)C)CC1. The molecule has 0 aromatic heterocycles. The second kappa shape index (κ2) is 6.55. The number of methoxy groups -OCH3 is 1. The molecule has 0 aromatic rings. The topological polar surface area (TPSA) is 44.7 Å². The van der Waals surface area contributed by atoms with Crippen LogP contribution in [-0.4, -0.2) is 61.5 Å². The van der Waals surface area contributed by atoms with Crippen molar-refractivity contribution in [2.24, 2.45) is 0 Å². The van der Waals surface area contributed by atoms with E-state index in [1.807, 2.05) is 0 Å². The third kappa shape index (κ3) is 3.70. The van der Waals surface area contributed by atoms with Gasteiger partial charge in [-0.25, -0.2) is 0 Å². The minimum absolute atomic E-state index is 0.0794. The summed E-state index contributed by atoms with van der Waals surface area (Å²) in [4.78, 5) is 2.46. The number of hydrogen-bond acceptors (Lipinski definition) is 4. The molecule has 0 unspecified atom stereocenters. The van der Waals surface area contributed by atoms with Gasteiger partial charge in [-0.1, -0.05) is 0 Å².